The summed E-state index contributed by atoms with van der Waals surface area (Å²) in [6.45, 7) is 0. The minimum absolute atomic E-state index is 0.269. The van der Waals surface area contributed by atoms with Crippen LogP contribution in [-0.4, -0.2) is 50.4 Å². The zero-order valence-electron chi connectivity index (χ0n) is 18.4. The molecule has 34 heavy (non-hydrogen) atoms. The first-order chi connectivity index (χ1) is 16.3. The summed E-state index contributed by atoms with van der Waals surface area (Å²) in [5.74, 6) is -0.295. The summed E-state index contributed by atoms with van der Waals surface area (Å²) in [7, 11) is -1.88. The van der Waals surface area contributed by atoms with Crippen LogP contribution in [0.1, 0.15) is 16.8 Å². The lowest BCUT2D eigenvalue weighted by molar-refractivity contribution is -0.142. The summed E-state index contributed by atoms with van der Waals surface area (Å²) in [6, 6.07) is 13.1. The molecule has 1 aromatic heterocycles. The molecular formula is C22H23N3O5S4. The molecule has 0 saturated carbocycles. The van der Waals surface area contributed by atoms with Gasteiger partial charge in [-0.2, -0.15) is 20.2 Å². The van der Waals surface area contributed by atoms with Gasteiger partial charge in [-0.15, -0.1) is 11.3 Å². The van der Waals surface area contributed by atoms with Crippen LogP contribution in [0.15, 0.2) is 65.0 Å². The number of carbonyl (C=O) groups is 2. The first-order valence-electron chi connectivity index (χ1n) is 10.0. The lowest BCUT2D eigenvalue weighted by Gasteiger charge is -2.18. The highest BCUT2D eigenvalue weighted by Gasteiger charge is 2.24. The second-order valence-corrected chi connectivity index (χ2v) is 12.3. The Morgan fingerprint density at radius 3 is 2.59 bits per heavy atom. The highest BCUT2D eigenvalue weighted by atomic mass is 33.1. The normalized spacial score (nSPS) is 12.1. The van der Waals surface area contributed by atoms with Crippen LogP contribution in [0.2, 0.25) is 0 Å². The number of anilines is 1. The van der Waals surface area contributed by atoms with Crippen LogP contribution >= 0.6 is 33.9 Å². The summed E-state index contributed by atoms with van der Waals surface area (Å²) in [6.07, 6.45) is 3.85. The Balaban J connectivity index is 1.91. The number of ether oxygens (including phenoxy) is 1. The average molecular weight is 538 g/mol. The van der Waals surface area contributed by atoms with Crippen molar-refractivity contribution in [3.63, 3.8) is 0 Å². The van der Waals surface area contributed by atoms with E-state index in [0.717, 1.165) is 5.56 Å². The molecule has 2 aromatic carbocycles. The zero-order chi connectivity index (χ0) is 24.6. The molecule has 1 atom stereocenters. The van der Waals surface area contributed by atoms with Crippen LogP contribution in [0, 0.1) is 0 Å². The van der Waals surface area contributed by atoms with Crippen LogP contribution in [-0.2, 0) is 18.6 Å². The van der Waals surface area contributed by atoms with E-state index < -0.39 is 27.0 Å². The van der Waals surface area contributed by atoms with E-state index >= 15 is 0 Å². The van der Waals surface area contributed by atoms with Crippen LogP contribution in [0.4, 0.5) is 5.13 Å². The molecule has 3 aromatic rings. The molecule has 0 radical (unpaired) electrons. The summed E-state index contributed by atoms with van der Waals surface area (Å²) in [5.41, 5.74) is 1.60. The fraction of sp³-hybridized carbons (Fsp3) is 0.227. The first kappa shape index (κ1) is 26.1. The molecule has 0 fully saturated rings. The van der Waals surface area contributed by atoms with E-state index in [4.69, 9.17) is 4.74 Å². The van der Waals surface area contributed by atoms with Crippen molar-refractivity contribution >= 4 is 60.0 Å². The second kappa shape index (κ2) is 12.2. The maximum atomic E-state index is 13.2. The molecule has 0 aliphatic carbocycles. The van der Waals surface area contributed by atoms with Crippen molar-refractivity contribution in [1.29, 1.82) is 0 Å². The van der Waals surface area contributed by atoms with Gasteiger partial charge in [0.15, 0.2) is 5.13 Å². The second-order valence-electron chi connectivity index (χ2n) is 6.88. The van der Waals surface area contributed by atoms with Gasteiger partial charge in [0.05, 0.1) is 7.11 Å². The molecule has 3 rings (SSSR count). The van der Waals surface area contributed by atoms with Crippen LogP contribution in [0.5, 0.6) is 0 Å². The minimum Gasteiger partial charge on any atom is -0.467 e. The Bertz CT molecular complexity index is 1220. The van der Waals surface area contributed by atoms with Gasteiger partial charge >= 0.3 is 5.97 Å². The lowest BCUT2D eigenvalue weighted by Crippen LogP contribution is -2.42. The maximum Gasteiger partial charge on any atom is 0.328 e. The van der Waals surface area contributed by atoms with E-state index in [1.54, 1.807) is 35.3 Å². The number of aromatic nitrogens is 1. The summed E-state index contributed by atoms with van der Waals surface area (Å²) < 4.78 is 32.4. The number of nitrogens with zero attached hydrogens (tertiary/aromatic N) is 1. The molecule has 1 unspecified atom stereocenters. The third-order valence-corrected chi connectivity index (χ3v) is 8.63. The van der Waals surface area contributed by atoms with Crippen molar-refractivity contribution in [3.05, 3.63) is 65.7 Å². The summed E-state index contributed by atoms with van der Waals surface area (Å²) in [5, 5.41) is 4.70. The van der Waals surface area contributed by atoms with Gasteiger partial charge in [-0.25, -0.2) is 14.5 Å². The van der Waals surface area contributed by atoms with Gasteiger partial charge in [0.1, 0.15) is 6.04 Å². The van der Waals surface area contributed by atoms with E-state index in [0.29, 0.717) is 39.0 Å². The third kappa shape index (κ3) is 7.23. The number of rotatable bonds is 11. The smallest absolute Gasteiger partial charge is 0.328 e. The number of hydrogen-bond donors (Lipinski definition) is 2. The Kier molecular flexibility index (Phi) is 9.39. The molecule has 1 amide bonds. The number of thioether (sulfide) groups is 1. The predicted molar refractivity (Wildman–Crippen MR) is 139 cm³/mol. The molecule has 12 heteroatoms. The monoisotopic (exact) mass is 537 g/mol. The molecule has 0 bridgehead atoms. The number of thiazole rings is 1. The zero-order valence-corrected chi connectivity index (χ0v) is 21.7. The Morgan fingerprint density at radius 1 is 1.18 bits per heavy atom. The molecule has 0 aliphatic rings. The van der Waals surface area contributed by atoms with Crippen molar-refractivity contribution in [2.75, 3.05) is 23.8 Å². The van der Waals surface area contributed by atoms with Crippen molar-refractivity contribution in [2.24, 2.45) is 0 Å². The fourth-order valence-corrected chi connectivity index (χ4v) is 6.83. The SMILES string of the molecule is COC(=O)C(CCSC)NC(=O)c1ccc(SS(=O)(=O)Nc2nccs2)cc1-c1ccccc1. The van der Waals surface area contributed by atoms with E-state index in [1.807, 2.05) is 36.6 Å². The number of amides is 1. The first-order valence-corrected chi connectivity index (χ1v) is 15.1. The van der Waals surface area contributed by atoms with Gasteiger partial charge in [0.25, 0.3) is 15.0 Å². The number of methoxy groups -OCH3 is 1. The number of esters is 1. The van der Waals surface area contributed by atoms with Crippen LogP contribution in [0.25, 0.3) is 11.1 Å². The number of hydrogen-bond acceptors (Lipinski definition) is 9. The molecule has 1 heterocycles. The average Bonchev–Trinajstić information content (AvgIpc) is 3.33. The quantitative estimate of drug-likeness (QED) is 0.275. The van der Waals surface area contributed by atoms with Crippen LogP contribution in [0.3, 0.4) is 0 Å². The standard InChI is InChI=1S/C22H23N3O5S4/c1-30-21(27)19(10-12-31-2)24-20(26)17-9-8-16(14-18(17)15-6-4-3-5-7-15)33-34(28,29)25-22-23-11-13-32-22/h3-9,11,13-14,19H,10,12H2,1-2H3,(H,23,25)(H,24,26). The minimum atomic E-state index is -3.78. The van der Waals surface area contributed by atoms with Gasteiger partial charge in [-0.05, 0) is 47.8 Å². The van der Waals surface area contributed by atoms with Gasteiger partial charge in [-0.1, -0.05) is 30.3 Å². The maximum absolute atomic E-state index is 13.2. The summed E-state index contributed by atoms with van der Waals surface area (Å²) >= 11 is 2.74. The number of benzene rings is 2. The molecule has 0 aliphatic heterocycles. The van der Waals surface area contributed by atoms with E-state index in [2.05, 4.69) is 15.0 Å². The predicted octanol–water partition coefficient (Wildman–Crippen LogP) is 4.28. The molecule has 180 valence electrons. The number of nitrogens with one attached hydrogen (secondary N) is 2. The topological polar surface area (TPSA) is 114 Å². The Hall–Kier alpha value is -2.54. The molecule has 0 saturated heterocycles. The highest BCUT2D eigenvalue weighted by Crippen LogP contribution is 2.33. The van der Waals surface area contributed by atoms with Gasteiger partial charge in [-0.3, -0.25) is 4.79 Å². The van der Waals surface area contributed by atoms with Gasteiger partial charge in [0, 0.05) is 32.8 Å². The summed E-state index contributed by atoms with van der Waals surface area (Å²) in [4.78, 5) is 29.7. The van der Waals surface area contributed by atoms with E-state index in [-0.39, 0.29) is 5.13 Å². The lowest BCUT2D eigenvalue weighted by atomic mass is 9.99. The number of carbonyl (C=O) groups excluding carboxylic acids is 2. The van der Waals surface area contributed by atoms with Crippen molar-refractivity contribution < 1.29 is 22.7 Å². The Morgan fingerprint density at radius 2 is 1.94 bits per heavy atom. The highest BCUT2D eigenvalue weighted by molar-refractivity contribution is 8.72. The van der Waals surface area contributed by atoms with Crippen molar-refractivity contribution in [3.8, 4) is 11.1 Å². The Labute approximate surface area is 210 Å². The largest absolute Gasteiger partial charge is 0.467 e. The van der Waals surface area contributed by atoms with Gasteiger partial charge in [0.2, 0.25) is 0 Å². The van der Waals surface area contributed by atoms with E-state index in [9.17, 15) is 18.0 Å². The molecule has 0 spiro atoms. The molecule has 2 N–H and O–H groups in total. The van der Waals surface area contributed by atoms with E-state index in [1.165, 1.54) is 24.6 Å². The van der Waals surface area contributed by atoms with Crippen LogP contribution < -0.4 is 10.0 Å². The fourth-order valence-electron chi connectivity index (χ4n) is 3.02. The van der Waals surface area contributed by atoms with Gasteiger partial charge < -0.3 is 10.1 Å². The molecule has 8 nitrogen and oxygen atoms in total. The van der Waals surface area contributed by atoms with Crippen molar-refractivity contribution in [2.45, 2.75) is 17.4 Å². The third-order valence-electron chi connectivity index (χ3n) is 4.57. The molecular weight excluding hydrogens is 515 g/mol. The van der Waals surface area contributed by atoms with Crippen molar-refractivity contribution in [1.82, 2.24) is 10.3 Å².